The molecule has 6 heteroatoms. The molecule has 6 nitrogen and oxygen atoms in total. The highest BCUT2D eigenvalue weighted by Gasteiger charge is 2.37. The SMILES string of the molecule is CNC(=O)c1cccc(NC(=O)C[C@](C)(C(=O)O)c2ccccc2)c1C. The third-order valence-corrected chi connectivity index (χ3v) is 4.48. The van der Waals surface area contributed by atoms with E-state index in [-0.39, 0.29) is 12.3 Å². The smallest absolute Gasteiger partial charge is 0.314 e. The molecule has 0 saturated carbocycles. The molecule has 2 rings (SSSR count). The van der Waals surface area contributed by atoms with Crippen molar-refractivity contribution < 1.29 is 19.5 Å². The van der Waals surface area contributed by atoms with Crippen LogP contribution in [-0.4, -0.2) is 29.9 Å². The number of anilines is 1. The summed E-state index contributed by atoms with van der Waals surface area (Å²) in [6.07, 6.45) is -0.226. The van der Waals surface area contributed by atoms with Crippen molar-refractivity contribution in [1.82, 2.24) is 5.32 Å². The first-order valence-electron chi connectivity index (χ1n) is 8.20. The first-order valence-corrected chi connectivity index (χ1v) is 8.20. The fourth-order valence-electron chi connectivity index (χ4n) is 2.77. The van der Waals surface area contributed by atoms with Gasteiger partial charge in [-0.25, -0.2) is 0 Å². The summed E-state index contributed by atoms with van der Waals surface area (Å²) in [5.41, 5.74) is 0.763. The zero-order valence-corrected chi connectivity index (χ0v) is 15.0. The third-order valence-electron chi connectivity index (χ3n) is 4.48. The predicted molar refractivity (Wildman–Crippen MR) is 99.2 cm³/mol. The second kappa shape index (κ2) is 7.82. The first kappa shape index (κ1) is 19.2. The lowest BCUT2D eigenvalue weighted by atomic mass is 9.79. The molecule has 136 valence electrons. The van der Waals surface area contributed by atoms with Crippen molar-refractivity contribution >= 4 is 23.5 Å². The van der Waals surface area contributed by atoms with E-state index in [4.69, 9.17) is 0 Å². The average Bonchev–Trinajstić information content (AvgIpc) is 2.63. The Hall–Kier alpha value is -3.15. The van der Waals surface area contributed by atoms with E-state index in [9.17, 15) is 19.5 Å². The second-order valence-electron chi connectivity index (χ2n) is 6.29. The Morgan fingerprint density at radius 1 is 1.04 bits per heavy atom. The fourth-order valence-corrected chi connectivity index (χ4v) is 2.77. The second-order valence-corrected chi connectivity index (χ2v) is 6.29. The van der Waals surface area contributed by atoms with E-state index in [0.717, 1.165) is 0 Å². The van der Waals surface area contributed by atoms with E-state index < -0.39 is 17.3 Å². The number of hydrogen-bond acceptors (Lipinski definition) is 3. The van der Waals surface area contributed by atoms with E-state index in [2.05, 4.69) is 10.6 Å². The van der Waals surface area contributed by atoms with E-state index in [1.807, 2.05) is 0 Å². The molecule has 2 amide bonds. The Labute approximate surface area is 152 Å². The number of nitrogens with one attached hydrogen (secondary N) is 2. The number of rotatable bonds is 6. The van der Waals surface area contributed by atoms with Gasteiger partial charge in [-0.3, -0.25) is 14.4 Å². The highest BCUT2D eigenvalue weighted by atomic mass is 16.4. The van der Waals surface area contributed by atoms with Crippen LogP contribution in [0.3, 0.4) is 0 Å². The number of hydrogen-bond donors (Lipinski definition) is 3. The Bertz CT molecular complexity index is 833. The third kappa shape index (κ3) is 3.91. The Morgan fingerprint density at radius 2 is 1.69 bits per heavy atom. The van der Waals surface area contributed by atoms with Gasteiger partial charge in [-0.2, -0.15) is 0 Å². The lowest BCUT2D eigenvalue weighted by Crippen LogP contribution is -2.36. The summed E-state index contributed by atoms with van der Waals surface area (Å²) in [6, 6.07) is 13.7. The standard InChI is InChI=1S/C20H22N2O4/c1-13-15(18(24)21-3)10-7-11-16(13)22-17(23)12-20(2,19(25)26)14-8-5-4-6-9-14/h4-11H,12H2,1-3H3,(H,21,24)(H,22,23)(H,25,26)/t20-/m0/s1. The summed E-state index contributed by atoms with van der Waals surface area (Å²) in [4.78, 5) is 36.2. The minimum Gasteiger partial charge on any atom is -0.481 e. The predicted octanol–water partition coefficient (Wildman–Crippen LogP) is 2.73. The fraction of sp³-hybridized carbons (Fsp3) is 0.250. The van der Waals surface area contributed by atoms with Gasteiger partial charge >= 0.3 is 5.97 Å². The first-order chi connectivity index (χ1) is 12.3. The molecular formula is C20H22N2O4. The van der Waals surface area contributed by atoms with Crippen LogP contribution in [0.2, 0.25) is 0 Å². The molecule has 26 heavy (non-hydrogen) atoms. The molecule has 0 aliphatic carbocycles. The van der Waals surface area contributed by atoms with Crippen LogP contribution >= 0.6 is 0 Å². The monoisotopic (exact) mass is 354 g/mol. The molecule has 0 aromatic heterocycles. The van der Waals surface area contributed by atoms with E-state index in [1.54, 1.807) is 55.5 Å². The Balaban J connectivity index is 2.25. The van der Waals surface area contributed by atoms with Gasteiger partial charge in [0.25, 0.3) is 5.91 Å². The van der Waals surface area contributed by atoms with Crippen molar-refractivity contribution in [2.75, 3.05) is 12.4 Å². The molecule has 0 fully saturated rings. The van der Waals surface area contributed by atoms with Gasteiger partial charge in [0.15, 0.2) is 0 Å². The van der Waals surface area contributed by atoms with Crippen molar-refractivity contribution in [3.63, 3.8) is 0 Å². The average molecular weight is 354 g/mol. The summed E-state index contributed by atoms with van der Waals surface area (Å²) in [5.74, 6) is -1.76. The summed E-state index contributed by atoms with van der Waals surface area (Å²) < 4.78 is 0. The summed E-state index contributed by atoms with van der Waals surface area (Å²) >= 11 is 0. The Morgan fingerprint density at radius 3 is 2.27 bits per heavy atom. The van der Waals surface area contributed by atoms with Crippen LogP contribution in [0, 0.1) is 6.92 Å². The van der Waals surface area contributed by atoms with Crippen LogP contribution in [0.5, 0.6) is 0 Å². The van der Waals surface area contributed by atoms with E-state index >= 15 is 0 Å². The molecule has 0 radical (unpaired) electrons. The highest BCUT2D eigenvalue weighted by molar-refractivity contribution is 6.00. The van der Waals surface area contributed by atoms with Crippen LogP contribution in [-0.2, 0) is 15.0 Å². The molecule has 0 unspecified atom stereocenters. The maximum absolute atomic E-state index is 12.5. The molecular weight excluding hydrogens is 332 g/mol. The summed E-state index contributed by atoms with van der Waals surface area (Å²) in [7, 11) is 1.53. The van der Waals surface area contributed by atoms with Crippen LogP contribution in [0.25, 0.3) is 0 Å². The molecule has 0 aliphatic heterocycles. The van der Waals surface area contributed by atoms with Crippen LogP contribution in [0.1, 0.15) is 34.8 Å². The molecule has 2 aromatic rings. The zero-order valence-electron chi connectivity index (χ0n) is 15.0. The summed E-state index contributed by atoms with van der Waals surface area (Å²) in [5, 5.41) is 14.9. The summed E-state index contributed by atoms with van der Waals surface area (Å²) in [6.45, 7) is 3.26. The van der Waals surface area contributed by atoms with E-state index in [1.165, 1.54) is 14.0 Å². The van der Waals surface area contributed by atoms with Crippen LogP contribution < -0.4 is 10.6 Å². The lowest BCUT2D eigenvalue weighted by molar-refractivity contribution is -0.145. The van der Waals surface area contributed by atoms with Gasteiger partial charge in [-0.15, -0.1) is 0 Å². The van der Waals surface area contributed by atoms with Crippen molar-refractivity contribution in [1.29, 1.82) is 0 Å². The number of aliphatic carboxylic acids is 1. The molecule has 0 aliphatic rings. The molecule has 3 N–H and O–H groups in total. The quantitative estimate of drug-likeness (QED) is 0.743. The van der Waals surface area contributed by atoms with Gasteiger partial charge in [0.2, 0.25) is 5.91 Å². The van der Waals surface area contributed by atoms with Gasteiger partial charge in [0.05, 0.1) is 5.41 Å². The number of carbonyl (C=O) groups is 3. The van der Waals surface area contributed by atoms with Crippen molar-refractivity contribution in [2.24, 2.45) is 0 Å². The maximum Gasteiger partial charge on any atom is 0.314 e. The van der Waals surface area contributed by atoms with Crippen molar-refractivity contribution in [3.05, 3.63) is 65.2 Å². The number of carboxylic acids is 1. The van der Waals surface area contributed by atoms with Gasteiger partial charge < -0.3 is 15.7 Å². The molecule has 0 saturated heterocycles. The molecule has 2 aromatic carbocycles. The van der Waals surface area contributed by atoms with Gasteiger partial charge in [-0.05, 0) is 37.1 Å². The Kier molecular flexibility index (Phi) is 5.77. The minimum absolute atomic E-state index is 0.226. The number of amides is 2. The molecule has 0 spiro atoms. The van der Waals surface area contributed by atoms with Gasteiger partial charge in [-0.1, -0.05) is 36.4 Å². The van der Waals surface area contributed by atoms with Crippen molar-refractivity contribution in [3.8, 4) is 0 Å². The van der Waals surface area contributed by atoms with Crippen molar-refractivity contribution in [2.45, 2.75) is 25.7 Å². The van der Waals surface area contributed by atoms with E-state index in [0.29, 0.717) is 22.4 Å². The normalized spacial score (nSPS) is 12.7. The van der Waals surface area contributed by atoms with Crippen LogP contribution in [0.15, 0.2) is 48.5 Å². The largest absolute Gasteiger partial charge is 0.481 e. The zero-order chi connectivity index (χ0) is 19.3. The van der Waals surface area contributed by atoms with Crippen LogP contribution in [0.4, 0.5) is 5.69 Å². The molecule has 0 heterocycles. The topological polar surface area (TPSA) is 95.5 Å². The minimum atomic E-state index is -1.35. The number of carboxylic acid groups (broad SMARTS) is 1. The van der Waals surface area contributed by atoms with Gasteiger partial charge in [0, 0.05) is 24.7 Å². The highest BCUT2D eigenvalue weighted by Crippen LogP contribution is 2.29. The lowest BCUT2D eigenvalue weighted by Gasteiger charge is -2.25. The maximum atomic E-state index is 12.5. The number of benzene rings is 2. The molecule has 1 atom stereocenters. The number of carbonyl (C=O) groups excluding carboxylic acids is 2. The van der Waals surface area contributed by atoms with Gasteiger partial charge in [0.1, 0.15) is 0 Å². The molecule has 0 bridgehead atoms.